The number of rotatable bonds is 4. The first-order valence-corrected chi connectivity index (χ1v) is 5.04. The molecular formula is C10H19N3O. The molecule has 4 heteroatoms. The lowest BCUT2D eigenvalue weighted by atomic mass is 9.87. The van der Waals surface area contributed by atoms with Crippen LogP contribution in [0.2, 0.25) is 0 Å². The number of hydrogen-bond acceptors (Lipinski definition) is 3. The Labute approximate surface area is 84.9 Å². The summed E-state index contributed by atoms with van der Waals surface area (Å²) in [6.45, 7) is 6.07. The summed E-state index contributed by atoms with van der Waals surface area (Å²) in [6.07, 6.45) is 2.40. The Kier molecular flexibility index (Phi) is 3.63. The molecule has 0 saturated carbocycles. The van der Waals surface area contributed by atoms with Crippen LogP contribution in [-0.2, 0) is 13.5 Å². The van der Waals surface area contributed by atoms with E-state index in [1.165, 1.54) is 0 Å². The molecule has 0 aliphatic rings. The van der Waals surface area contributed by atoms with E-state index in [-0.39, 0.29) is 12.0 Å². The van der Waals surface area contributed by atoms with Crippen LogP contribution >= 0.6 is 0 Å². The zero-order valence-corrected chi connectivity index (χ0v) is 9.31. The average molecular weight is 197 g/mol. The number of hydrogen-bond donors (Lipinski definition) is 1. The number of aromatic nitrogens is 3. The van der Waals surface area contributed by atoms with Gasteiger partial charge in [0.1, 0.15) is 0 Å². The first-order chi connectivity index (χ1) is 6.50. The molecule has 1 aromatic rings. The standard InChI is InChI=1S/C10H19N3O/c1-7(2)10(8(3)14)5-9-6-13(4)12-11-9/h6-8,10,14H,5H2,1-4H3. The van der Waals surface area contributed by atoms with Crippen LogP contribution in [0.5, 0.6) is 0 Å². The van der Waals surface area contributed by atoms with Crippen molar-refractivity contribution < 1.29 is 5.11 Å². The molecule has 0 saturated heterocycles. The molecule has 2 atom stereocenters. The Hall–Kier alpha value is -0.900. The van der Waals surface area contributed by atoms with Gasteiger partial charge >= 0.3 is 0 Å². The van der Waals surface area contributed by atoms with Crippen LogP contribution < -0.4 is 0 Å². The van der Waals surface area contributed by atoms with Crippen LogP contribution in [0.4, 0.5) is 0 Å². The van der Waals surface area contributed by atoms with Crippen molar-refractivity contribution in [3.63, 3.8) is 0 Å². The van der Waals surface area contributed by atoms with Crippen molar-refractivity contribution >= 4 is 0 Å². The summed E-state index contributed by atoms with van der Waals surface area (Å²) in [4.78, 5) is 0. The minimum Gasteiger partial charge on any atom is -0.393 e. The predicted octanol–water partition coefficient (Wildman–Crippen LogP) is 1.01. The maximum atomic E-state index is 9.60. The van der Waals surface area contributed by atoms with E-state index in [0.29, 0.717) is 5.92 Å². The SMILES string of the molecule is CC(C)C(Cc1cn(C)nn1)C(C)O. The van der Waals surface area contributed by atoms with Crippen molar-refractivity contribution in [2.45, 2.75) is 33.3 Å². The van der Waals surface area contributed by atoms with Crippen LogP contribution in [0.1, 0.15) is 26.5 Å². The normalized spacial score (nSPS) is 15.9. The second kappa shape index (κ2) is 4.55. The maximum Gasteiger partial charge on any atom is 0.0830 e. The van der Waals surface area contributed by atoms with Gasteiger partial charge in [-0.05, 0) is 25.2 Å². The molecule has 1 heterocycles. The molecule has 0 radical (unpaired) electrons. The molecule has 1 rings (SSSR count). The first kappa shape index (κ1) is 11.2. The minimum atomic E-state index is -0.294. The maximum absolute atomic E-state index is 9.60. The van der Waals surface area contributed by atoms with Gasteiger partial charge in [-0.15, -0.1) is 5.10 Å². The third-order valence-corrected chi connectivity index (χ3v) is 2.57. The molecule has 14 heavy (non-hydrogen) atoms. The molecule has 4 nitrogen and oxygen atoms in total. The molecular weight excluding hydrogens is 178 g/mol. The van der Waals surface area contributed by atoms with Gasteiger partial charge in [-0.1, -0.05) is 19.1 Å². The lowest BCUT2D eigenvalue weighted by Gasteiger charge is -2.22. The van der Waals surface area contributed by atoms with Crippen LogP contribution in [0.15, 0.2) is 6.20 Å². The first-order valence-electron chi connectivity index (χ1n) is 5.04. The molecule has 1 N–H and O–H groups in total. The third-order valence-electron chi connectivity index (χ3n) is 2.57. The largest absolute Gasteiger partial charge is 0.393 e. The summed E-state index contributed by atoms with van der Waals surface area (Å²) in [6, 6.07) is 0. The second-order valence-corrected chi connectivity index (χ2v) is 4.24. The number of aryl methyl sites for hydroxylation is 1. The van der Waals surface area contributed by atoms with Gasteiger partial charge < -0.3 is 5.11 Å². The summed E-state index contributed by atoms with van der Waals surface area (Å²) in [5.74, 6) is 0.712. The molecule has 80 valence electrons. The van der Waals surface area contributed by atoms with Crippen LogP contribution in [0.3, 0.4) is 0 Å². The highest BCUT2D eigenvalue weighted by molar-refractivity contribution is 4.95. The molecule has 2 unspecified atom stereocenters. The topological polar surface area (TPSA) is 50.9 Å². The number of nitrogens with zero attached hydrogens (tertiary/aromatic N) is 3. The lowest BCUT2D eigenvalue weighted by molar-refractivity contribution is 0.0970. The molecule has 0 aromatic carbocycles. The fraction of sp³-hybridized carbons (Fsp3) is 0.800. The van der Waals surface area contributed by atoms with Crippen LogP contribution in [-0.4, -0.2) is 26.2 Å². The van der Waals surface area contributed by atoms with E-state index in [4.69, 9.17) is 0 Å². The van der Waals surface area contributed by atoms with E-state index in [0.717, 1.165) is 12.1 Å². The van der Waals surface area contributed by atoms with Crippen molar-refractivity contribution in [2.75, 3.05) is 0 Å². The highest BCUT2D eigenvalue weighted by Crippen LogP contribution is 2.19. The minimum absolute atomic E-state index is 0.256. The van der Waals surface area contributed by atoms with E-state index in [2.05, 4.69) is 24.2 Å². The summed E-state index contributed by atoms with van der Waals surface area (Å²) in [7, 11) is 1.85. The van der Waals surface area contributed by atoms with E-state index >= 15 is 0 Å². The van der Waals surface area contributed by atoms with Crippen LogP contribution in [0, 0.1) is 11.8 Å². The fourth-order valence-electron chi connectivity index (χ4n) is 1.69. The molecule has 0 aliphatic carbocycles. The molecule has 0 fully saturated rings. The van der Waals surface area contributed by atoms with Crippen molar-refractivity contribution in [1.82, 2.24) is 15.0 Å². The Morgan fingerprint density at radius 3 is 2.43 bits per heavy atom. The van der Waals surface area contributed by atoms with E-state index < -0.39 is 0 Å². The third kappa shape index (κ3) is 2.80. The summed E-state index contributed by atoms with van der Waals surface area (Å²) in [5, 5.41) is 17.5. The van der Waals surface area contributed by atoms with E-state index in [1.807, 2.05) is 20.2 Å². The summed E-state index contributed by atoms with van der Waals surface area (Å²) < 4.78 is 1.69. The smallest absolute Gasteiger partial charge is 0.0830 e. The zero-order chi connectivity index (χ0) is 10.7. The molecule has 0 spiro atoms. The Morgan fingerprint density at radius 2 is 2.07 bits per heavy atom. The van der Waals surface area contributed by atoms with Gasteiger partial charge in [-0.25, -0.2) is 0 Å². The fourth-order valence-corrected chi connectivity index (χ4v) is 1.69. The highest BCUT2D eigenvalue weighted by Gasteiger charge is 2.20. The van der Waals surface area contributed by atoms with Gasteiger partial charge in [-0.3, -0.25) is 4.68 Å². The van der Waals surface area contributed by atoms with Gasteiger partial charge in [-0.2, -0.15) is 0 Å². The highest BCUT2D eigenvalue weighted by atomic mass is 16.3. The van der Waals surface area contributed by atoms with Gasteiger partial charge in [0.15, 0.2) is 0 Å². The summed E-state index contributed by atoms with van der Waals surface area (Å²) >= 11 is 0. The van der Waals surface area contributed by atoms with Gasteiger partial charge in [0.25, 0.3) is 0 Å². The van der Waals surface area contributed by atoms with Crippen molar-refractivity contribution in [2.24, 2.45) is 18.9 Å². The van der Waals surface area contributed by atoms with Gasteiger partial charge in [0.05, 0.1) is 11.8 Å². The van der Waals surface area contributed by atoms with Crippen molar-refractivity contribution in [3.05, 3.63) is 11.9 Å². The summed E-state index contributed by atoms with van der Waals surface area (Å²) in [5.41, 5.74) is 0.951. The average Bonchev–Trinajstić information content (AvgIpc) is 2.46. The second-order valence-electron chi connectivity index (χ2n) is 4.24. The van der Waals surface area contributed by atoms with Gasteiger partial charge in [0, 0.05) is 13.2 Å². The zero-order valence-electron chi connectivity index (χ0n) is 9.31. The Balaban J connectivity index is 2.64. The van der Waals surface area contributed by atoms with Gasteiger partial charge in [0.2, 0.25) is 0 Å². The monoisotopic (exact) mass is 197 g/mol. The van der Waals surface area contributed by atoms with E-state index in [9.17, 15) is 5.11 Å². The lowest BCUT2D eigenvalue weighted by Crippen LogP contribution is -2.24. The van der Waals surface area contributed by atoms with Crippen molar-refractivity contribution in [3.8, 4) is 0 Å². The predicted molar refractivity (Wildman–Crippen MR) is 54.7 cm³/mol. The molecule has 0 amide bonds. The molecule has 1 aromatic heterocycles. The quantitative estimate of drug-likeness (QED) is 0.783. The number of aliphatic hydroxyl groups excluding tert-OH is 1. The molecule has 0 bridgehead atoms. The van der Waals surface area contributed by atoms with Crippen LogP contribution in [0.25, 0.3) is 0 Å². The van der Waals surface area contributed by atoms with E-state index in [1.54, 1.807) is 4.68 Å². The Bertz CT molecular complexity index is 273. The number of aliphatic hydroxyl groups is 1. The Morgan fingerprint density at radius 1 is 1.43 bits per heavy atom. The molecule has 0 aliphatic heterocycles. The van der Waals surface area contributed by atoms with Crippen molar-refractivity contribution in [1.29, 1.82) is 0 Å².